The lowest BCUT2D eigenvalue weighted by molar-refractivity contribution is -0.138. The summed E-state index contributed by atoms with van der Waals surface area (Å²) in [5, 5.41) is 2.59. The normalized spacial score (nSPS) is 11.4. The van der Waals surface area contributed by atoms with Gasteiger partial charge in [-0.15, -0.1) is 0 Å². The Kier molecular flexibility index (Phi) is 3.89. The Morgan fingerprint density at radius 1 is 1.05 bits per heavy atom. The van der Waals surface area contributed by atoms with Crippen molar-refractivity contribution in [3.05, 3.63) is 52.3 Å². The van der Waals surface area contributed by atoms with Gasteiger partial charge in [0.1, 0.15) is 5.82 Å². The van der Waals surface area contributed by atoms with Gasteiger partial charge in [0.15, 0.2) is 0 Å². The molecule has 3 N–H and O–H groups in total. The van der Waals surface area contributed by atoms with Crippen LogP contribution in [-0.2, 0) is 6.18 Å². The van der Waals surface area contributed by atoms with Gasteiger partial charge in [-0.05, 0) is 36.4 Å². The largest absolute Gasteiger partial charge is 0.417 e. The van der Waals surface area contributed by atoms with E-state index in [4.69, 9.17) is 5.73 Å². The van der Waals surface area contributed by atoms with E-state index in [0.29, 0.717) is 0 Å². The molecule has 0 unspecified atom stereocenters. The number of anilines is 3. The van der Waals surface area contributed by atoms with Gasteiger partial charge >= 0.3 is 6.18 Å². The number of nitrogens with two attached hydrogens (primary N) is 1. The quantitative estimate of drug-likeness (QED) is 0.596. The van der Waals surface area contributed by atoms with E-state index in [-0.39, 0.29) is 21.5 Å². The molecule has 0 atom stereocenters. The first-order valence-electron chi connectivity index (χ1n) is 5.46. The van der Waals surface area contributed by atoms with Crippen LogP contribution in [-0.4, -0.2) is 0 Å². The molecule has 2 aromatic rings. The van der Waals surface area contributed by atoms with E-state index in [9.17, 15) is 17.6 Å². The van der Waals surface area contributed by atoms with E-state index < -0.39 is 17.6 Å². The van der Waals surface area contributed by atoms with Crippen molar-refractivity contribution in [2.45, 2.75) is 6.18 Å². The van der Waals surface area contributed by atoms with Gasteiger partial charge in [-0.25, -0.2) is 4.39 Å². The summed E-state index contributed by atoms with van der Waals surface area (Å²) in [6.07, 6.45) is -4.49. The third-order valence-electron chi connectivity index (χ3n) is 2.54. The molecule has 106 valence electrons. The van der Waals surface area contributed by atoms with Crippen LogP contribution in [0.15, 0.2) is 40.9 Å². The SMILES string of the molecule is Nc1ccc(Nc2ccc(Br)c(C(F)(F)F)c2)c(F)c1. The van der Waals surface area contributed by atoms with E-state index in [1.54, 1.807) is 0 Å². The highest BCUT2D eigenvalue weighted by Gasteiger charge is 2.33. The van der Waals surface area contributed by atoms with Crippen LogP contribution in [0.1, 0.15) is 5.56 Å². The molecule has 20 heavy (non-hydrogen) atoms. The third-order valence-corrected chi connectivity index (χ3v) is 3.24. The second kappa shape index (κ2) is 5.32. The van der Waals surface area contributed by atoms with E-state index in [1.807, 2.05) is 0 Å². The smallest absolute Gasteiger partial charge is 0.399 e. The van der Waals surface area contributed by atoms with Gasteiger partial charge in [-0.3, -0.25) is 0 Å². The molecule has 0 saturated heterocycles. The van der Waals surface area contributed by atoms with Crippen LogP contribution in [0, 0.1) is 5.82 Å². The summed E-state index contributed by atoms with van der Waals surface area (Å²) in [6, 6.07) is 7.47. The second-order valence-corrected chi connectivity index (χ2v) is 4.91. The summed E-state index contributed by atoms with van der Waals surface area (Å²) in [4.78, 5) is 0. The first-order chi connectivity index (χ1) is 9.27. The number of halogens is 5. The average molecular weight is 349 g/mol. The summed E-state index contributed by atoms with van der Waals surface area (Å²) >= 11 is 2.84. The first-order valence-corrected chi connectivity index (χ1v) is 6.25. The van der Waals surface area contributed by atoms with E-state index in [0.717, 1.165) is 12.1 Å². The zero-order valence-corrected chi connectivity index (χ0v) is 11.5. The molecule has 0 aliphatic carbocycles. The Hall–Kier alpha value is -1.76. The molecule has 0 spiro atoms. The van der Waals surface area contributed by atoms with Gasteiger partial charge in [0.25, 0.3) is 0 Å². The van der Waals surface area contributed by atoms with Crippen molar-refractivity contribution < 1.29 is 17.6 Å². The minimum Gasteiger partial charge on any atom is -0.399 e. The first kappa shape index (κ1) is 14.6. The lowest BCUT2D eigenvalue weighted by Crippen LogP contribution is -2.07. The summed E-state index contributed by atoms with van der Waals surface area (Å²) < 4.78 is 51.8. The Bertz CT molecular complexity index is 641. The molecule has 0 heterocycles. The molecule has 0 radical (unpaired) electrons. The maximum Gasteiger partial charge on any atom is 0.417 e. The summed E-state index contributed by atoms with van der Waals surface area (Å²) in [5.74, 6) is -0.638. The van der Waals surface area contributed by atoms with Crippen LogP contribution in [0.3, 0.4) is 0 Å². The average Bonchev–Trinajstić information content (AvgIpc) is 2.33. The van der Waals surface area contributed by atoms with Gasteiger partial charge in [0, 0.05) is 15.8 Å². The van der Waals surface area contributed by atoms with Crippen molar-refractivity contribution >= 4 is 33.0 Å². The molecular formula is C13H9BrF4N2. The summed E-state index contributed by atoms with van der Waals surface area (Å²) in [5.41, 5.74) is 4.98. The number of hydrogen-bond acceptors (Lipinski definition) is 2. The molecule has 0 aliphatic rings. The van der Waals surface area contributed by atoms with Gasteiger partial charge in [0.05, 0.1) is 11.3 Å². The molecule has 2 rings (SSSR count). The zero-order chi connectivity index (χ0) is 14.9. The Balaban J connectivity index is 2.35. The number of hydrogen-bond donors (Lipinski definition) is 2. The molecule has 2 aromatic carbocycles. The van der Waals surface area contributed by atoms with E-state index in [1.165, 1.54) is 24.3 Å². The van der Waals surface area contributed by atoms with Crippen molar-refractivity contribution in [1.82, 2.24) is 0 Å². The fourth-order valence-corrected chi connectivity index (χ4v) is 2.08. The highest BCUT2D eigenvalue weighted by atomic mass is 79.9. The molecule has 0 saturated carbocycles. The lowest BCUT2D eigenvalue weighted by atomic mass is 10.2. The molecule has 2 nitrogen and oxygen atoms in total. The van der Waals surface area contributed by atoms with Crippen LogP contribution in [0.5, 0.6) is 0 Å². The van der Waals surface area contributed by atoms with Gasteiger partial charge in [-0.1, -0.05) is 15.9 Å². The van der Waals surface area contributed by atoms with E-state index in [2.05, 4.69) is 21.2 Å². The number of rotatable bonds is 2. The monoisotopic (exact) mass is 348 g/mol. The van der Waals surface area contributed by atoms with Gasteiger partial charge in [0.2, 0.25) is 0 Å². The summed E-state index contributed by atoms with van der Waals surface area (Å²) in [6.45, 7) is 0. The van der Waals surface area contributed by atoms with E-state index >= 15 is 0 Å². The minimum absolute atomic E-state index is 0.0506. The molecule has 0 aromatic heterocycles. The fraction of sp³-hybridized carbons (Fsp3) is 0.0769. The Morgan fingerprint density at radius 2 is 1.75 bits per heavy atom. The van der Waals surface area contributed by atoms with Crippen LogP contribution in [0.2, 0.25) is 0 Å². The summed E-state index contributed by atoms with van der Waals surface area (Å²) in [7, 11) is 0. The molecule has 0 aliphatic heterocycles. The maximum absolute atomic E-state index is 13.6. The number of nitrogen functional groups attached to an aromatic ring is 1. The molecule has 0 amide bonds. The third kappa shape index (κ3) is 3.22. The van der Waals surface area contributed by atoms with Crippen LogP contribution < -0.4 is 11.1 Å². The van der Waals surface area contributed by atoms with Crippen molar-refractivity contribution in [1.29, 1.82) is 0 Å². The topological polar surface area (TPSA) is 38.0 Å². The standard InChI is InChI=1S/C13H9BrF4N2/c14-10-3-2-8(6-9(10)13(16,17)18)20-12-4-1-7(19)5-11(12)15/h1-6,20H,19H2. The molecule has 0 bridgehead atoms. The molecule has 0 fully saturated rings. The number of nitrogens with one attached hydrogen (secondary N) is 1. The second-order valence-electron chi connectivity index (χ2n) is 4.06. The van der Waals surface area contributed by atoms with Crippen LogP contribution in [0.4, 0.5) is 34.6 Å². The highest BCUT2D eigenvalue weighted by molar-refractivity contribution is 9.10. The van der Waals surface area contributed by atoms with Crippen molar-refractivity contribution in [2.75, 3.05) is 11.1 Å². The molecule has 7 heteroatoms. The number of alkyl halides is 3. The zero-order valence-electron chi connectivity index (χ0n) is 9.93. The van der Waals surface area contributed by atoms with Crippen LogP contribution in [0.25, 0.3) is 0 Å². The number of benzene rings is 2. The predicted molar refractivity (Wildman–Crippen MR) is 73.2 cm³/mol. The van der Waals surface area contributed by atoms with Crippen molar-refractivity contribution in [2.24, 2.45) is 0 Å². The minimum atomic E-state index is -4.49. The Labute approximate surface area is 120 Å². The predicted octanol–water partition coefficient (Wildman–Crippen LogP) is 4.93. The lowest BCUT2D eigenvalue weighted by Gasteiger charge is -2.13. The maximum atomic E-state index is 13.6. The van der Waals surface area contributed by atoms with Gasteiger partial charge < -0.3 is 11.1 Å². The van der Waals surface area contributed by atoms with Gasteiger partial charge in [-0.2, -0.15) is 13.2 Å². The highest BCUT2D eigenvalue weighted by Crippen LogP contribution is 2.37. The van der Waals surface area contributed by atoms with Crippen molar-refractivity contribution in [3.8, 4) is 0 Å². The fourth-order valence-electron chi connectivity index (χ4n) is 1.61. The Morgan fingerprint density at radius 3 is 2.35 bits per heavy atom. The van der Waals surface area contributed by atoms with Crippen molar-refractivity contribution in [3.63, 3.8) is 0 Å². The molecular weight excluding hydrogens is 340 g/mol. The van der Waals surface area contributed by atoms with Crippen LogP contribution >= 0.6 is 15.9 Å².